The highest BCUT2D eigenvalue weighted by atomic mass is 32.1. The highest BCUT2D eigenvalue weighted by molar-refractivity contribution is 7.10. The van der Waals surface area contributed by atoms with Gasteiger partial charge in [-0.1, -0.05) is 35.5 Å². The van der Waals surface area contributed by atoms with Gasteiger partial charge in [-0.3, -0.25) is 9.48 Å². The number of amides is 1. The zero-order chi connectivity index (χ0) is 28.7. The van der Waals surface area contributed by atoms with Crippen LogP contribution >= 0.6 is 11.3 Å². The fourth-order valence-electron chi connectivity index (χ4n) is 5.77. The van der Waals surface area contributed by atoms with Crippen LogP contribution in [-0.2, 0) is 7.05 Å². The second-order valence-electron chi connectivity index (χ2n) is 10.5. The zero-order valence-corrected chi connectivity index (χ0v) is 24.8. The molecule has 6 rings (SSSR count). The number of benzene rings is 2. The highest BCUT2D eigenvalue weighted by Crippen LogP contribution is 2.39. The predicted molar refractivity (Wildman–Crippen MR) is 160 cm³/mol. The average molecular weight is 568 g/mol. The summed E-state index contributed by atoms with van der Waals surface area (Å²) in [5.41, 5.74) is 8.13. The maximum atomic E-state index is 13.9. The lowest BCUT2D eigenvalue weighted by Crippen LogP contribution is -2.38. The summed E-state index contributed by atoms with van der Waals surface area (Å²) >= 11 is 1.67. The van der Waals surface area contributed by atoms with E-state index >= 15 is 0 Å². The van der Waals surface area contributed by atoms with Gasteiger partial charge in [0.05, 0.1) is 34.6 Å². The second-order valence-corrected chi connectivity index (χ2v) is 11.4. The van der Waals surface area contributed by atoms with Gasteiger partial charge in [-0.15, -0.1) is 11.3 Å². The van der Waals surface area contributed by atoms with E-state index in [1.807, 2.05) is 85.9 Å². The Labute approximate surface area is 243 Å². The third kappa shape index (κ3) is 4.95. The molecule has 3 aromatic heterocycles. The Morgan fingerprint density at radius 1 is 1.05 bits per heavy atom. The Morgan fingerprint density at radius 2 is 1.80 bits per heavy atom. The van der Waals surface area contributed by atoms with E-state index in [1.165, 1.54) is 0 Å². The summed E-state index contributed by atoms with van der Waals surface area (Å²) < 4.78 is 12.9. The van der Waals surface area contributed by atoms with Gasteiger partial charge in [-0.05, 0) is 57.4 Å². The highest BCUT2D eigenvalue weighted by Gasteiger charge is 2.30. The van der Waals surface area contributed by atoms with Crippen molar-refractivity contribution in [2.75, 3.05) is 20.2 Å². The molecule has 1 aliphatic heterocycles. The molecular formula is C32H33N5O3S. The van der Waals surface area contributed by atoms with Crippen LogP contribution in [0.5, 0.6) is 5.75 Å². The number of ether oxygens (including phenoxy) is 1. The molecule has 2 aromatic carbocycles. The minimum absolute atomic E-state index is 0.0208. The van der Waals surface area contributed by atoms with E-state index in [0.29, 0.717) is 30.3 Å². The number of piperidine rings is 1. The number of methoxy groups -OCH3 is 1. The van der Waals surface area contributed by atoms with Gasteiger partial charge in [0.1, 0.15) is 17.2 Å². The molecule has 5 aromatic rings. The Bertz CT molecular complexity index is 1710. The summed E-state index contributed by atoms with van der Waals surface area (Å²) in [6.45, 7) is 7.28. The van der Waals surface area contributed by atoms with Gasteiger partial charge >= 0.3 is 0 Å². The number of nitrogens with zero attached hydrogens (tertiary/aromatic N) is 5. The van der Waals surface area contributed by atoms with E-state index in [0.717, 1.165) is 68.6 Å². The number of rotatable bonds is 6. The standard InChI is InChI=1S/C32H33N5O3S/c1-19-28(20(2)36(4)34-19)25-12-11-24(39-5)17-26(25)32(38)37-15-13-23(14-16-37)31-33-27(18-41-31)29-21(3)40-35-30(29)22-9-7-6-8-10-22/h6-12,17-18,23H,13-16H2,1-5H3. The summed E-state index contributed by atoms with van der Waals surface area (Å²) in [7, 11) is 3.56. The van der Waals surface area contributed by atoms with Crippen molar-refractivity contribution in [3.8, 4) is 39.4 Å². The summed E-state index contributed by atoms with van der Waals surface area (Å²) in [4.78, 5) is 20.9. The predicted octanol–water partition coefficient (Wildman–Crippen LogP) is 6.82. The number of likely N-dealkylation sites (tertiary alicyclic amines) is 1. The lowest BCUT2D eigenvalue weighted by Gasteiger charge is -2.31. The van der Waals surface area contributed by atoms with Crippen molar-refractivity contribution < 1.29 is 14.1 Å². The summed E-state index contributed by atoms with van der Waals surface area (Å²) in [6.07, 6.45) is 1.72. The van der Waals surface area contributed by atoms with Crippen LogP contribution < -0.4 is 4.74 Å². The Balaban J connectivity index is 1.21. The van der Waals surface area contributed by atoms with Crippen molar-refractivity contribution >= 4 is 17.2 Å². The summed E-state index contributed by atoms with van der Waals surface area (Å²) in [5, 5.41) is 12.1. The molecule has 210 valence electrons. The monoisotopic (exact) mass is 567 g/mol. The minimum atomic E-state index is 0.0208. The van der Waals surface area contributed by atoms with Gasteiger partial charge < -0.3 is 14.2 Å². The third-order valence-electron chi connectivity index (χ3n) is 8.05. The van der Waals surface area contributed by atoms with Crippen LogP contribution in [0, 0.1) is 20.8 Å². The van der Waals surface area contributed by atoms with E-state index in [4.69, 9.17) is 14.2 Å². The molecule has 0 spiro atoms. The lowest BCUT2D eigenvalue weighted by molar-refractivity contribution is 0.0713. The van der Waals surface area contributed by atoms with Crippen LogP contribution in [0.3, 0.4) is 0 Å². The summed E-state index contributed by atoms with van der Waals surface area (Å²) in [6, 6.07) is 15.8. The zero-order valence-electron chi connectivity index (χ0n) is 24.0. The molecule has 9 heteroatoms. The van der Waals surface area contributed by atoms with Crippen LogP contribution in [0.25, 0.3) is 33.6 Å². The van der Waals surface area contributed by atoms with Crippen molar-refractivity contribution in [1.29, 1.82) is 0 Å². The number of carbonyl (C=O) groups excluding carboxylic acids is 1. The Morgan fingerprint density at radius 3 is 2.49 bits per heavy atom. The third-order valence-corrected chi connectivity index (χ3v) is 9.06. The van der Waals surface area contributed by atoms with Crippen molar-refractivity contribution in [2.24, 2.45) is 7.05 Å². The van der Waals surface area contributed by atoms with Gasteiger partial charge in [0.2, 0.25) is 0 Å². The van der Waals surface area contributed by atoms with Crippen LogP contribution in [0.1, 0.15) is 51.3 Å². The molecule has 41 heavy (non-hydrogen) atoms. The molecule has 1 amide bonds. The van der Waals surface area contributed by atoms with E-state index in [1.54, 1.807) is 18.4 Å². The maximum absolute atomic E-state index is 13.9. The summed E-state index contributed by atoms with van der Waals surface area (Å²) in [5.74, 6) is 1.74. The van der Waals surface area contributed by atoms with E-state index < -0.39 is 0 Å². The first-order valence-electron chi connectivity index (χ1n) is 13.8. The fourth-order valence-corrected chi connectivity index (χ4v) is 6.75. The van der Waals surface area contributed by atoms with Crippen molar-refractivity contribution in [2.45, 2.75) is 39.5 Å². The maximum Gasteiger partial charge on any atom is 0.254 e. The smallest absolute Gasteiger partial charge is 0.254 e. The molecule has 0 radical (unpaired) electrons. The first-order chi connectivity index (χ1) is 19.9. The molecule has 0 aliphatic carbocycles. The van der Waals surface area contributed by atoms with Gasteiger partial charge in [0.25, 0.3) is 5.91 Å². The first kappa shape index (κ1) is 27.0. The molecule has 0 unspecified atom stereocenters. The van der Waals surface area contributed by atoms with Crippen LogP contribution in [0.2, 0.25) is 0 Å². The van der Waals surface area contributed by atoms with Crippen molar-refractivity contribution in [3.63, 3.8) is 0 Å². The van der Waals surface area contributed by atoms with Crippen LogP contribution in [-0.4, -0.2) is 50.9 Å². The average Bonchev–Trinajstić information content (AvgIpc) is 3.70. The lowest BCUT2D eigenvalue weighted by atomic mass is 9.94. The molecule has 0 bridgehead atoms. The Kier molecular flexibility index (Phi) is 7.21. The Hall–Kier alpha value is -4.24. The van der Waals surface area contributed by atoms with Gasteiger partial charge in [-0.25, -0.2) is 4.98 Å². The molecular weight excluding hydrogens is 534 g/mol. The largest absolute Gasteiger partial charge is 0.497 e. The van der Waals surface area contributed by atoms with Gasteiger partial charge in [0, 0.05) is 48.3 Å². The van der Waals surface area contributed by atoms with Crippen molar-refractivity contribution in [1.82, 2.24) is 24.8 Å². The molecule has 1 saturated heterocycles. The van der Waals surface area contributed by atoms with E-state index in [-0.39, 0.29) is 5.91 Å². The number of hydrogen-bond acceptors (Lipinski definition) is 7. The van der Waals surface area contributed by atoms with E-state index in [9.17, 15) is 4.79 Å². The number of aryl methyl sites for hydroxylation is 3. The van der Waals surface area contributed by atoms with Crippen LogP contribution in [0.4, 0.5) is 0 Å². The second kappa shape index (κ2) is 11.0. The number of aromatic nitrogens is 4. The number of thiazole rings is 1. The fraction of sp³-hybridized carbons (Fsp3) is 0.312. The molecule has 1 aliphatic rings. The van der Waals surface area contributed by atoms with Crippen LogP contribution in [0.15, 0.2) is 58.4 Å². The van der Waals surface area contributed by atoms with E-state index in [2.05, 4.69) is 15.6 Å². The topological polar surface area (TPSA) is 86.3 Å². The molecule has 0 N–H and O–H groups in total. The van der Waals surface area contributed by atoms with Crippen molar-refractivity contribution in [3.05, 3.63) is 81.6 Å². The molecule has 1 fully saturated rings. The molecule has 8 nitrogen and oxygen atoms in total. The van der Waals surface area contributed by atoms with Gasteiger partial charge in [-0.2, -0.15) is 5.10 Å². The number of carbonyl (C=O) groups is 1. The quantitative estimate of drug-likeness (QED) is 0.224. The number of hydrogen-bond donors (Lipinski definition) is 0. The van der Waals surface area contributed by atoms with Gasteiger partial charge in [0.15, 0.2) is 0 Å². The molecule has 4 heterocycles. The normalized spacial score (nSPS) is 14.0. The SMILES string of the molecule is COc1ccc(-c2c(C)nn(C)c2C)c(C(=O)N2CCC(c3nc(-c4c(-c5ccccc5)noc4C)cs3)CC2)c1. The molecule has 0 atom stereocenters. The minimum Gasteiger partial charge on any atom is -0.497 e. The first-order valence-corrected chi connectivity index (χ1v) is 14.7. The molecule has 0 saturated carbocycles.